The van der Waals surface area contributed by atoms with Gasteiger partial charge < -0.3 is 0 Å². The lowest BCUT2D eigenvalue weighted by molar-refractivity contribution is -0.392. The zero-order valence-corrected chi connectivity index (χ0v) is 11.7. The molecular weight excluding hydrogens is 276 g/mol. The third-order valence-electron chi connectivity index (χ3n) is 2.74. The summed E-state index contributed by atoms with van der Waals surface area (Å²) in [6.07, 6.45) is 4.13. The fourth-order valence-corrected chi connectivity index (χ4v) is 1.68. The molecule has 1 aromatic rings. The molecular formula is C13H16N4O4. The van der Waals surface area contributed by atoms with Gasteiger partial charge in [0, 0.05) is 18.7 Å². The fourth-order valence-electron chi connectivity index (χ4n) is 1.68. The fraction of sp³-hybridized carbons (Fsp3) is 0.462. The van der Waals surface area contributed by atoms with Gasteiger partial charge in [0.25, 0.3) is 0 Å². The van der Waals surface area contributed by atoms with Crippen LogP contribution < -0.4 is 0 Å². The highest BCUT2D eigenvalue weighted by Gasteiger charge is 2.23. The van der Waals surface area contributed by atoms with Crippen LogP contribution in [0.2, 0.25) is 0 Å². The minimum atomic E-state index is -0.714. The average Bonchev–Trinajstić information content (AvgIpc) is 2.45. The maximum Gasteiger partial charge on any atom is 0.302 e. The molecule has 1 aromatic carbocycles. The second-order valence-corrected chi connectivity index (χ2v) is 4.31. The van der Waals surface area contributed by atoms with Crippen molar-refractivity contribution in [3.8, 4) is 0 Å². The molecule has 0 aliphatic rings. The number of hydrogen-bond donors (Lipinski definition) is 0. The first-order valence-electron chi connectivity index (χ1n) is 6.62. The van der Waals surface area contributed by atoms with E-state index in [1.807, 2.05) is 0 Å². The molecule has 0 aliphatic heterocycles. The van der Waals surface area contributed by atoms with Crippen molar-refractivity contribution >= 4 is 23.1 Å². The highest BCUT2D eigenvalue weighted by Crippen LogP contribution is 2.35. The van der Waals surface area contributed by atoms with Gasteiger partial charge in [-0.2, -0.15) is 4.99 Å². The maximum absolute atomic E-state index is 10.9. The molecule has 1 rings (SSSR count). The van der Waals surface area contributed by atoms with Crippen LogP contribution in [-0.4, -0.2) is 22.4 Å². The monoisotopic (exact) mass is 292 g/mol. The number of aliphatic imine (C=N–C) groups is 2. The van der Waals surface area contributed by atoms with Crippen LogP contribution in [0.15, 0.2) is 28.2 Å². The average molecular weight is 292 g/mol. The lowest BCUT2D eigenvalue weighted by Gasteiger charge is -1.97. The Hall–Kier alpha value is -2.60. The van der Waals surface area contributed by atoms with E-state index in [9.17, 15) is 20.2 Å². The predicted octanol–water partition coefficient (Wildman–Crippen LogP) is 3.89. The number of nitro groups is 2. The van der Waals surface area contributed by atoms with E-state index in [-0.39, 0.29) is 5.69 Å². The molecule has 8 heteroatoms. The van der Waals surface area contributed by atoms with Crippen LogP contribution in [0.1, 0.15) is 32.6 Å². The molecule has 0 fully saturated rings. The first-order valence-corrected chi connectivity index (χ1v) is 6.62. The molecule has 0 aliphatic carbocycles. The molecule has 0 atom stereocenters. The molecule has 0 aromatic heterocycles. The molecule has 0 saturated carbocycles. The van der Waals surface area contributed by atoms with Gasteiger partial charge in [-0.25, -0.2) is 4.99 Å². The van der Waals surface area contributed by atoms with Gasteiger partial charge in [-0.3, -0.25) is 20.2 Å². The van der Waals surface area contributed by atoms with Crippen molar-refractivity contribution in [2.45, 2.75) is 32.6 Å². The molecule has 0 bridgehead atoms. The number of nitro benzene ring substituents is 2. The van der Waals surface area contributed by atoms with Crippen molar-refractivity contribution in [3.05, 3.63) is 38.4 Å². The van der Waals surface area contributed by atoms with Gasteiger partial charge in [-0.05, 0) is 12.5 Å². The van der Waals surface area contributed by atoms with Crippen LogP contribution in [0.4, 0.5) is 17.1 Å². The number of hydrogen-bond acceptors (Lipinski definition) is 6. The van der Waals surface area contributed by atoms with Crippen molar-refractivity contribution in [2.24, 2.45) is 9.98 Å². The maximum atomic E-state index is 10.9. The van der Waals surface area contributed by atoms with E-state index in [0.717, 1.165) is 37.8 Å². The summed E-state index contributed by atoms with van der Waals surface area (Å²) in [6.45, 7) is 2.59. The number of benzene rings is 1. The van der Waals surface area contributed by atoms with E-state index in [1.54, 1.807) is 0 Å². The molecule has 8 nitrogen and oxygen atoms in total. The van der Waals surface area contributed by atoms with Crippen LogP contribution in [-0.2, 0) is 0 Å². The molecule has 0 unspecified atom stereocenters. The summed E-state index contributed by atoms with van der Waals surface area (Å²) in [5.41, 5.74) is -1.19. The smallest absolute Gasteiger partial charge is 0.258 e. The first-order chi connectivity index (χ1) is 10.1. The summed E-state index contributed by atoms with van der Waals surface area (Å²) in [6, 6.07) is 5.88. The van der Waals surface area contributed by atoms with Crippen molar-refractivity contribution in [1.29, 1.82) is 0 Å². The topological polar surface area (TPSA) is 111 Å². The normalized spacial score (nSPS) is 9.76. The van der Waals surface area contributed by atoms with Gasteiger partial charge in [0.15, 0.2) is 0 Å². The minimum Gasteiger partial charge on any atom is -0.258 e. The molecule has 21 heavy (non-hydrogen) atoms. The van der Waals surface area contributed by atoms with Gasteiger partial charge in [0.05, 0.1) is 15.9 Å². The summed E-state index contributed by atoms with van der Waals surface area (Å²) in [7, 11) is 0. The van der Waals surface area contributed by atoms with Gasteiger partial charge in [-0.1, -0.05) is 26.2 Å². The van der Waals surface area contributed by atoms with Crippen LogP contribution in [0.25, 0.3) is 0 Å². The highest BCUT2D eigenvalue weighted by atomic mass is 16.6. The Balaban J connectivity index is 2.92. The largest absolute Gasteiger partial charge is 0.302 e. The van der Waals surface area contributed by atoms with Crippen molar-refractivity contribution in [1.82, 2.24) is 0 Å². The highest BCUT2D eigenvalue weighted by molar-refractivity contribution is 5.73. The first kappa shape index (κ1) is 16.5. The Kier molecular flexibility index (Phi) is 6.70. The van der Waals surface area contributed by atoms with Gasteiger partial charge in [0.1, 0.15) is 0 Å². The third kappa shape index (κ3) is 5.12. The predicted molar refractivity (Wildman–Crippen MR) is 78.3 cm³/mol. The number of nitrogens with zero attached hydrogens (tertiary/aromatic N) is 4. The van der Waals surface area contributed by atoms with E-state index in [2.05, 4.69) is 22.9 Å². The quantitative estimate of drug-likeness (QED) is 0.313. The summed E-state index contributed by atoms with van der Waals surface area (Å²) in [4.78, 5) is 27.9. The molecule has 0 spiro atoms. The van der Waals surface area contributed by atoms with E-state index < -0.39 is 21.2 Å². The zero-order chi connectivity index (χ0) is 15.7. The van der Waals surface area contributed by atoms with Gasteiger partial charge in [-0.15, -0.1) is 0 Å². The van der Waals surface area contributed by atoms with E-state index in [4.69, 9.17) is 0 Å². The summed E-state index contributed by atoms with van der Waals surface area (Å²) >= 11 is 0. The Morgan fingerprint density at radius 2 is 1.71 bits per heavy atom. The zero-order valence-electron chi connectivity index (χ0n) is 11.7. The van der Waals surface area contributed by atoms with Crippen molar-refractivity contribution in [2.75, 3.05) is 6.54 Å². The third-order valence-corrected chi connectivity index (χ3v) is 2.74. The molecule has 0 saturated heterocycles. The summed E-state index contributed by atoms with van der Waals surface area (Å²) in [5, 5.41) is 21.7. The SMILES string of the molecule is CCCCCCN=C=Nc1c([N+](=O)[O-])cccc1[N+](=O)[O-]. The Bertz CT molecular complexity index is 547. The van der Waals surface area contributed by atoms with E-state index in [1.165, 1.54) is 6.07 Å². The number of rotatable bonds is 8. The second-order valence-electron chi connectivity index (χ2n) is 4.31. The Labute approximate surface area is 121 Å². The van der Waals surface area contributed by atoms with Crippen molar-refractivity contribution < 1.29 is 9.85 Å². The molecule has 0 radical (unpaired) electrons. The second kappa shape index (κ2) is 8.55. The standard InChI is InChI=1S/C13H16N4O4/c1-2-3-4-5-9-14-10-15-13-11(16(18)19)7-6-8-12(13)17(20)21/h6-8H,2-5,9H2,1H3. The van der Waals surface area contributed by atoms with Gasteiger partial charge >= 0.3 is 11.4 Å². The van der Waals surface area contributed by atoms with Gasteiger partial charge in [0.2, 0.25) is 5.69 Å². The molecule has 112 valence electrons. The summed E-state index contributed by atoms with van der Waals surface area (Å²) < 4.78 is 0. The minimum absolute atomic E-state index is 0.329. The summed E-state index contributed by atoms with van der Waals surface area (Å²) in [5.74, 6) is 0. The molecule has 0 amide bonds. The molecule has 0 N–H and O–H groups in total. The lowest BCUT2D eigenvalue weighted by atomic mass is 10.2. The van der Waals surface area contributed by atoms with Crippen LogP contribution in [0, 0.1) is 20.2 Å². The molecule has 0 heterocycles. The van der Waals surface area contributed by atoms with E-state index >= 15 is 0 Å². The van der Waals surface area contributed by atoms with Crippen LogP contribution in [0.5, 0.6) is 0 Å². The Morgan fingerprint density at radius 3 is 2.24 bits per heavy atom. The van der Waals surface area contributed by atoms with Crippen LogP contribution >= 0.6 is 0 Å². The Morgan fingerprint density at radius 1 is 1.10 bits per heavy atom. The van der Waals surface area contributed by atoms with E-state index in [0.29, 0.717) is 6.54 Å². The van der Waals surface area contributed by atoms with Crippen molar-refractivity contribution in [3.63, 3.8) is 0 Å². The lowest BCUT2D eigenvalue weighted by Crippen LogP contribution is -1.93. The van der Waals surface area contributed by atoms with Crippen LogP contribution in [0.3, 0.4) is 0 Å². The number of para-hydroxylation sites is 1. The number of unbranched alkanes of at least 4 members (excludes halogenated alkanes) is 3.